The number of ketones is 1. The van der Waals surface area contributed by atoms with Gasteiger partial charge in [0, 0.05) is 0 Å². The van der Waals surface area contributed by atoms with E-state index in [0.717, 1.165) is 6.42 Å². The summed E-state index contributed by atoms with van der Waals surface area (Å²) in [6.07, 6.45) is 6.68. The summed E-state index contributed by atoms with van der Waals surface area (Å²) in [6, 6.07) is 0. The van der Waals surface area contributed by atoms with Gasteiger partial charge in [-0.25, -0.2) is 4.39 Å². The van der Waals surface area contributed by atoms with Gasteiger partial charge in [-0.05, 0) is 78.8 Å². The Morgan fingerprint density at radius 3 is 2.77 bits per heavy atom. The number of rotatable bonds is 0. The molecule has 4 rings (SSSR count). The van der Waals surface area contributed by atoms with E-state index in [0.29, 0.717) is 41.6 Å². The van der Waals surface area contributed by atoms with Crippen LogP contribution in [0, 0.1) is 28.6 Å². The highest BCUT2D eigenvalue weighted by molar-refractivity contribution is 5.95. The average molecular weight is 306 g/mol. The van der Waals surface area contributed by atoms with Crippen molar-refractivity contribution in [2.45, 2.75) is 71.1 Å². The number of alkyl halides is 1. The van der Waals surface area contributed by atoms with Crippen LogP contribution in [0.3, 0.4) is 0 Å². The van der Waals surface area contributed by atoms with Crippen molar-refractivity contribution in [1.82, 2.24) is 0 Å². The number of carbonyl (C=O) groups excluding carboxylic acids is 1. The van der Waals surface area contributed by atoms with Gasteiger partial charge in [0.1, 0.15) is 12.3 Å². The molecule has 0 aromatic rings. The van der Waals surface area contributed by atoms with E-state index < -0.39 is 12.3 Å². The van der Waals surface area contributed by atoms with Crippen molar-refractivity contribution >= 4 is 5.78 Å². The van der Waals surface area contributed by atoms with E-state index in [1.165, 1.54) is 31.8 Å². The van der Waals surface area contributed by atoms with Crippen molar-refractivity contribution < 1.29 is 14.3 Å². The first-order valence-corrected chi connectivity index (χ1v) is 8.93. The zero-order valence-corrected chi connectivity index (χ0v) is 13.6. The number of fused-ring (bicyclic) bond motifs is 5. The fraction of sp³-hybridized carbons (Fsp3) is 0.842. The first-order valence-electron chi connectivity index (χ1n) is 8.93. The van der Waals surface area contributed by atoms with Crippen LogP contribution < -0.4 is 0 Å². The monoisotopic (exact) mass is 306 g/mol. The van der Waals surface area contributed by atoms with Crippen LogP contribution in [0.5, 0.6) is 0 Å². The lowest BCUT2D eigenvalue weighted by Gasteiger charge is -2.58. The minimum Gasteiger partial charge on any atom is -0.385 e. The molecule has 0 bridgehead atoms. The molecule has 0 amide bonds. The van der Waals surface area contributed by atoms with E-state index in [1.54, 1.807) is 0 Å². The van der Waals surface area contributed by atoms with Crippen LogP contribution in [0.15, 0.2) is 11.6 Å². The molecule has 3 heteroatoms. The van der Waals surface area contributed by atoms with Crippen molar-refractivity contribution in [2.24, 2.45) is 28.6 Å². The smallest absolute Gasteiger partial charge is 0.184 e. The third-order valence-corrected chi connectivity index (χ3v) is 7.76. The molecule has 3 fully saturated rings. The van der Waals surface area contributed by atoms with Crippen molar-refractivity contribution in [3.05, 3.63) is 11.6 Å². The van der Waals surface area contributed by atoms with Gasteiger partial charge in [-0.15, -0.1) is 0 Å². The zero-order chi connectivity index (χ0) is 15.7. The van der Waals surface area contributed by atoms with Crippen LogP contribution in [0.25, 0.3) is 0 Å². The molecule has 0 heterocycles. The molecule has 3 saturated carbocycles. The fourth-order valence-corrected chi connectivity index (χ4v) is 6.61. The zero-order valence-electron chi connectivity index (χ0n) is 13.6. The Morgan fingerprint density at radius 2 is 2.00 bits per heavy atom. The molecule has 1 N–H and O–H groups in total. The first-order chi connectivity index (χ1) is 10.3. The third kappa shape index (κ3) is 1.84. The molecular weight excluding hydrogens is 279 g/mol. The van der Waals surface area contributed by atoms with Crippen LogP contribution in [-0.4, -0.2) is 23.2 Å². The summed E-state index contributed by atoms with van der Waals surface area (Å²) in [6.45, 7) is 4.51. The summed E-state index contributed by atoms with van der Waals surface area (Å²) in [5, 5.41) is 10.1. The van der Waals surface area contributed by atoms with Crippen molar-refractivity contribution in [3.8, 4) is 0 Å². The number of allylic oxidation sites excluding steroid dienone is 1. The molecule has 0 aromatic carbocycles. The Labute approximate surface area is 132 Å². The van der Waals surface area contributed by atoms with E-state index in [4.69, 9.17) is 0 Å². The standard InChI is InChI=1S/C19H27FO2/c1-18-6-3-4-12(18)11-8-15(20)14-9-16(21)17(22)10-19(14,2)13(11)5-7-18/h9,11-13,15,17,22H,3-8,10H2,1-2H3/t11-,12-,13+,15?,17?,18-,19+/m0/s1. The Bertz CT molecular complexity index is 542. The molecule has 4 aliphatic carbocycles. The number of carbonyl (C=O) groups is 1. The van der Waals surface area contributed by atoms with Crippen LogP contribution in [0.4, 0.5) is 4.39 Å². The van der Waals surface area contributed by atoms with Crippen molar-refractivity contribution in [1.29, 1.82) is 0 Å². The highest BCUT2D eigenvalue weighted by Gasteiger charge is 2.59. The molecule has 0 saturated heterocycles. The largest absolute Gasteiger partial charge is 0.385 e. The second-order valence-corrected chi connectivity index (χ2v) is 8.80. The second kappa shape index (κ2) is 4.66. The van der Waals surface area contributed by atoms with E-state index in [1.807, 2.05) is 0 Å². The molecule has 0 aliphatic heterocycles. The van der Waals surface area contributed by atoms with E-state index in [-0.39, 0.29) is 11.2 Å². The lowest BCUT2D eigenvalue weighted by molar-refractivity contribution is -0.129. The first kappa shape index (κ1) is 14.9. The fourth-order valence-electron chi connectivity index (χ4n) is 6.61. The number of aliphatic hydroxyl groups excluding tert-OH is 1. The minimum absolute atomic E-state index is 0.296. The summed E-state index contributed by atoms with van der Waals surface area (Å²) < 4.78 is 14.9. The molecule has 7 atom stereocenters. The summed E-state index contributed by atoms with van der Waals surface area (Å²) >= 11 is 0. The predicted octanol–water partition coefficient (Wildman–Crippen LogP) is 3.83. The van der Waals surface area contributed by atoms with Crippen molar-refractivity contribution in [2.75, 3.05) is 0 Å². The highest BCUT2D eigenvalue weighted by Crippen LogP contribution is 2.65. The normalized spacial score (nSPS) is 54.3. The van der Waals surface area contributed by atoms with Gasteiger partial charge in [-0.1, -0.05) is 20.3 Å². The van der Waals surface area contributed by atoms with Gasteiger partial charge in [0.2, 0.25) is 0 Å². The van der Waals surface area contributed by atoms with E-state index in [9.17, 15) is 14.3 Å². The summed E-state index contributed by atoms with van der Waals surface area (Å²) in [4.78, 5) is 11.8. The topological polar surface area (TPSA) is 37.3 Å². The molecule has 0 radical (unpaired) electrons. The van der Waals surface area contributed by atoms with Gasteiger partial charge >= 0.3 is 0 Å². The van der Waals surface area contributed by atoms with Gasteiger partial charge in [-0.2, -0.15) is 0 Å². The minimum atomic E-state index is -0.995. The molecule has 2 nitrogen and oxygen atoms in total. The van der Waals surface area contributed by atoms with Crippen LogP contribution in [-0.2, 0) is 4.79 Å². The number of halogens is 1. The van der Waals surface area contributed by atoms with E-state index >= 15 is 0 Å². The summed E-state index contributed by atoms with van der Waals surface area (Å²) in [7, 11) is 0. The maximum Gasteiger partial charge on any atom is 0.184 e. The number of aliphatic hydroxyl groups is 1. The molecule has 122 valence electrons. The van der Waals surface area contributed by atoms with Gasteiger partial charge in [-0.3, -0.25) is 4.79 Å². The van der Waals surface area contributed by atoms with Crippen LogP contribution in [0.2, 0.25) is 0 Å². The number of hydrogen-bond acceptors (Lipinski definition) is 2. The Kier molecular flexibility index (Phi) is 3.15. The highest BCUT2D eigenvalue weighted by atomic mass is 19.1. The third-order valence-electron chi connectivity index (χ3n) is 7.76. The van der Waals surface area contributed by atoms with Gasteiger partial charge in [0.05, 0.1) is 0 Å². The Hall–Kier alpha value is -0.700. The number of hydrogen-bond donors (Lipinski definition) is 1. The van der Waals surface area contributed by atoms with Gasteiger partial charge in [0.25, 0.3) is 0 Å². The Morgan fingerprint density at radius 1 is 1.23 bits per heavy atom. The SMILES string of the molecule is C[C@@]12CCC[C@H]1[C@@H]1CC(F)C3=CC(=O)C(O)C[C@]3(C)[C@@H]1CC2. The van der Waals surface area contributed by atoms with Crippen LogP contribution in [0.1, 0.15) is 58.8 Å². The molecule has 4 aliphatic rings. The molecular formula is C19H27FO2. The second-order valence-electron chi connectivity index (χ2n) is 8.80. The molecule has 0 spiro atoms. The maximum absolute atomic E-state index is 14.9. The lowest BCUT2D eigenvalue weighted by atomic mass is 9.47. The van der Waals surface area contributed by atoms with Gasteiger partial charge < -0.3 is 5.11 Å². The predicted molar refractivity (Wildman–Crippen MR) is 83.0 cm³/mol. The molecule has 2 unspecified atom stereocenters. The summed E-state index contributed by atoms with van der Waals surface area (Å²) in [5.74, 6) is 1.20. The van der Waals surface area contributed by atoms with Gasteiger partial charge in [0.15, 0.2) is 5.78 Å². The summed E-state index contributed by atoms with van der Waals surface area (Å²) in [5.41, 5.74) is 0.770. The molecule has 0 aromatic heterocycles. The van der Waals surface area contributed by atoms with Crippen LogP contribution >= 0.6 is 0 Å². The van der Waals surface area contributed by atoms with E-state index in [2.05, 4.69) is 13.8 Å². The van der Waals surface area contributed by atoms with Crippen molar-refractivity contribution in [3.63, 3.8) is 0 Å². The lowest BCUT2D eigenvalue weighted by Crippen LogP contribution is -2.54. The Balaban J connectivity index is 1.74. The average Bonchev–Trinajstić information content (AvgIpc) is 2.84. The molecule has 22 heavy (non-hydrogen) atoms. The quantitative estimate of drug-likeness (QED) is 0.738. The maximum atomic E-state index is 14.9.